The highest BCUT2D eigenvalue weighted by Crippen LogP contribution is 2.25. The molecule has 0 aliphatic rings. The molecular formula is C22H29ClN2O2. The molecule has 1 N–H and O–H groups in total. The van der Waals surface area contributed by atoms with Gasteiger partial charge in [-0.05, 0) is 43.5 Å². The van der Waals surface area contributed by atoms with Gasteiger partial charge in [0.1, 0.15) is 24.3 Å². The normalized spacial score (nSPS) is 13.2. The summed E-state index contributed by atoms with van der Waals surface area (Å²) >= 11 is 0. The van der Waals surface area contributed by atoms with E-state index in [1.165, 1.54) is 0 Å². The number of imidazole rings is 1. The zero-order valence-electron chi connectivity index (χ0n) is 16.5. The van der Waals surface area contributed by atoms with Gasteiger partial charge in [-0.2, -0.15) is 0 Å². The van der Waals surface area contributed by atoms with Gasteiger partial charge >= 0.3 is 0 Å². The lowest BCUT2D eigenvalue weighted by Crippen LogP contribution is -2.25. The van der Waals surface area contributed by atoms with Crippen molar-refractivity contribution in [2.75, 3.05) is 6.61 Å². The van der Waals surface area contributed by atoms with Crippen LogP contribution in [0.4, 0.5) is 0 Å². The summed E-state index contributed by atoms with van der Waals surface area (Å²) in [5.41, 5.74) is 4.22. The van der Waals surface area contributed by atoms with Crippen molar-refractivity contribution in [3.8, 4) is 5.75 Å². The maximum Gasteiger partial charge on any atom is 0.125 e. The molecule has 0 radical (unpaired) electrons. The maximum absolute atomic E-state index is 10.6. The molecule has 146 valence electrons. The molecule has 0 saturated heterocycles. The lowest BCUT2D eigenvalue weighted by molar-refractivity contribution is 0.0918. The number of ether oxygens (including phenoxy) is 1. The molecule has 3 aromatic rings. The molecular weight excluding hydrogens is 360 g/mol. The Balaban J connectivity index is 0.00000261. The SMILES string of the molecule is CCC(C)c1nc2ccccc2n1CC(O)COc1c(C)cccc1C.Cl. The first-order valence-electron chi connectivity index (χ1n) is 9.33. The summed E-state index contributed by atoms with van der Waals surface area (Å²) in [4.78, 5) is 4.79. The molecule has 0 amide bonds. The van der Waals surface area contributed by atoms with E-state index >= 15 is 0 Å². The highest BCUT2D eigenvalue weighted by atomic mass is 35.5. The molecule has 2 aromatic carbocycles. The molecule has 27 heavy (non-hydrogen) atoms. The summed E-state index contributed by atoms with van der Waals surface area (Å²) in [6.45, 7) is 9.13. The third-order valence-electron chi connectivity index (χ3n) is 4.96. The Kier molecular flexibility index (Phi) is 7.28. The van der Waals surface area contributed by atoms with Gasteiger partial charge in [-0.1, -0.05) is 44.2 Å². The van der Waals surface area contributed by atoms with Crippen LogP contribution in [0, 0.1) is 13.8 Å². The number of aliphatic hydroxyl groups is 1. The second kappa shape index (κ2) is 9.25. The lowest BCUT2D eigenvalue weighted by Gasteiger charge is -2.19. The van der Waals surface area contributed by atoms with Crippen molar-refractivity contribution in [3.05, 3.63) is 59.4 Å². The summed E-state index contributed by atoms with van der Waals surface area (Å²) in [5.74, 6) is 2.23. The number of benzene rings is 2. The van der Waals surface area contributed by atoms with Crippen molar-refractivity contribution in [2.24, 2.45) is 0 Å². The number of aliphatic hydroxyl groups excluding tert-OH is 1. The highest BCUT2D eigenvalue weighted by molar-refractivity contribution is 5.85. The average Bonchev–Trinajstić information content (AvgIpc) is 2.99. The van der Waals surface area contributed by atoms with Gasteiger partial charge in [-0.25, -0.2) is 4.98 Å². The number of aryl methyl sites for hydroxylation is 2. The predicted molar refractivity (Wildman–Crippen MR) is 113 cm³/mol. The molecule has 0 aliphatic carbocycles. The van der Waals surface area contributed by atoms with Gasteiger partial charge in [0.25, 0.3) is 0 Å². The molecule has 0 bridgehead atoms. The number of aromatic nitrogens is 2. The number of nitrogens with zero attached hydrogens (tertiary/aromatic N) is 2. The third-order valence-corrected chi connectivity index (χ3v) is 4.96. The molecule has 2 atom stereocenters. The predicted octanol–water partition coefficient (Wildman–Crippen LogP) is 5.03. The summed E-state index contributed by atoms with van der Waals surface area (Å²) in [6, 6.07) is 14.2. The largest absolute Gasteiger partial charge is 0.490 e. The van der Waals surface area contributed by atoms with Crippen LogP contribution in [0.3, 0.4) is 0 Å². The molecule has 1 heterocycles. The van der Waals surface area contributed by atoms with Crippen LogP contribution in [-0.2, 0) is 6.54 Å². The summed E-state index contributed by atoms with van der Waals surface area (Å²) in [5, 5.41) is 10.6. The summed E-state index contributed by atoms with van der Waals surface area (Å²) < 4.78 is 8.07. The van der Waals surface area contributed by atoms with Gasteiger partial charge in [-0.3, -0.25) is 0 Å². The number of hydrogen-bond donors (Lipinski definition) is 1. The van der Waals surface area contributed by atoms with Crippen LogP contribution in [0.1, 0.15) is 43.1 Å². The Morgan fingerprint density at radius 3 is 2.41 bits per heavy atom. The van der Waals surface area contributed by atoms with Gasteiger partial charge in [0.05, 0.1) is 17.6 Å². The number of rotatable bonds is 7. The first-order valence-corrected chi connectivity index (χ1v) is 9.33. The Morgan fingerprint density at radius 1 is 1.07 bits per heavy atom. The minimum absolute atomic E-state index is 0. The van der Waals surface area contributed by atoms with Gasteiger partial charge in [-0.15, -0.1) is 12.4 Å². The fraction of sp³-hybridized carbons (Fsp3) is 0.409. The molecule has 4 nitrogen and oxygen atoms in total. The zero-order valence-corrected chi connectivity index (χ0v) is 17.3. The van der Waals surface area contributed by atoms with Gasteiger partial charge in [0.15, 0.2) is 0 Å². The Labute approximate surface area is 167 Å². The van der Waals surface area contributed by atoms with Crippen LogP contribution >= 0.6 is 12.4 Å². The first kappa shape index (κ1) is 21.3. The van der Waals surface area contributed by atoms with E-state index in [0.29, 0.717) is 12.5 Å². The van der Waals surface area contributed by atoms with Crippen LogP contribution in [0.5, 0.6) is 5.75 Å². The van der Waals surface area contributed by atoms with Gasteiger partial charge in [0, 0.05) is 5.92 Å². The van der Waals surface area contributed by atoms with Crippen molar-refractivity contribution in [2.45, 2.75) is 52.7 Å². The van der Waals surface area contributed by atoms with Crippen LogP contribution in [-0.4, -0.2) is 27.4 Å². The minimum atomic E-state index is -0.602. The Bertz CT molecular complexity index is 871. The number of para-hydroxylation sites is 3. The van der Waals surface area contributed by atoms with Crippen molar-refractivity contribution in [3.63, 3.8) is 0 Å². The molecule has 5 heteroatoms. The maximum atomic E-state index is 10.6. The van der Waals surface area contributed by atoms with E-state index in [2.05, 4.69) is 24.5 Å². The van der Waals surface area contributed by atoms with Crippen molar-refractivity contribution >= 4 is 23.4 Å². The van der Waals surface area contributed by atoms with Crippen LogP contribution in [0.15, 0.2) is 42.5 Å². The summed E-state index contributed by atoms with van der Waals surface area (Å²) in [7, 11) is 0. The molecule has 1 aromatic heterocycles. The Morgan fingerprint density at radius 2 is 1.74 bits per heavy atom. The fourth-order valence-corrected chi connectivity index (χ4v) is 3.31. The molecule has 0 aliphatic heterocycles. The van der Waals surface area contributed by atoms with Crippen molar-refractivity contribution in [1.82, 2.24) is 9.55 Å². The van der Waals surface area contributed by atoms with E-state index in [1.807, 2.05) is 50.2 Å². The second-order valence-electron chi connectivity index (χ2n) is 7.06. The van der Waals surface area contributed by atoms with E-state index in [-0.39, 0.29) is 19.0 Å². The standard InChI is InChI=1S/C22H28N2O2.ClH/c1-5-15(2)22-23-19-11-6-7-12-20(19)24(22)13-18(25)14-26-21-16(3)9-8-10-17(21)4;/h6-12,15,18,25H,5,13-14H2,1-4H3;1H. The molecule has 0 fully saturated rings. The smallest absolute Gasteiger partial charge is 0.125 e. The zero-order chi connectivity index (χ0) is 18.7. The second-order valence-corrected chi connectivity index (χ2v) is 7.06. The van der Waals surface area contributed by atoms with Crippen molar-refractivity contribution in [1.29, 1.82) is 0 Å². The highest BCUT2D eigenvalue weighted by Gasteiger charge is 2.18. The van der Waals surface area contributed by atoms with E-state index < -0.39 is 6.10 Å². The van der Waals surface area contributed by atoms with Crippen LogP contribution < -0.4 is 4.74 Å². The first-order chi connectivity index (χ1) is 12.5. The van der Waals surface area contributed by atoms with Gasteiger partial charge in [0.2, 0.25) is 0 Å². The average molecular weight is 389 g/mol. The summed E-state index contributed by atoms with van der Waals surface area (Å²) in [6.07, 6.45) is 0.410. The number of hydrogen-bond acceptors (Lipinski definition) is 3. The van der Waals surface area contributed by atoms with E-state index in [0.717, 1.165) is 40.2 Å². The molecule has 0 spiro atoms. The van der Waals surface area contributed by atoms with Crippen LogP contribution in [0.2, 0.25) is 0 Å². The van der Waals surface area contributed by atoms with Crippen molar-refractivity contribution < 1.29 is 9.84 Å². The molecule has 2 unspecified atom stereocenters. The van der Waals surface area contributed by atoms with Gasteiger partial charge < -0.3 is 14.4 Å². The quantitative estimate of drug-likeness (QED) is 0.617. The molecule has 0 saturated carbocycles. The monoisotopic (exact) mass is 388 g/mol. The molecule has 3 rings (SSSR count). The minimum Gasteiger partial charge on any atom is -0.490 e. The number of fused-ring (bicyclic) bond motifs is 1. The fourth-order valence-electron chi connectivity index (χ4n) is 3.31. The van der Waals surface area contributed by atoms with E-state index in [1.54, 1.807) is 0 Å². The topological polar surface area (TPSA) is 47.3 Å². The van der Waals surface area contributed by atoms with E-state index in [9.17, 15) is 5.11 Å². The lowest BCUT2D eigenvalue weighted by atomic mass is 10.1. The van der Waals surface area contributed by atoms with E-state index in [4.69, 9.17) is 9.72 Å². The number of halogens is 1. The third kappa shape index (κ3) is 4.63. The van der Waals surface area contributed by atoms with Crippen LogP contribution in [0.25, 0.3) is 11.0 Å². The Hall–Kier alpha value is -2.04.